The smallest absolute Gasteiger partial charge is 0.344 e. The Morgan fingerprint density at radius 3 is 2.59 bits per heavy atom. The van der Waals surface area contributed by atoms with Crippen LogP contribution in [0.4, 0.5) is 0 Å². The van der Waals surface area contributed by atoms with E-state index in [1.807, 2.05) is 0 Å². The highest BCUT2D eigenvalue weighted by atomic mass is 35.5. The van der Waals surface area contributed by atoms with Crippen LogP contribution < -0.4 is 4.74 Å². The first kappa shape index (κ1) is 16.6. The largest absolute Gasteiger partial charge is 0.480 e. The number of benzene rings is 1. The third kappa shape index (κ3) is 4.91. The molecule has 1 fully saturated rings. The Hall–Kier alpha value is -1.75. The third-order valence-corrected chi connectivity index (χ3v) is 3.99. The fourth-order valence-electron chi connectivity index (χ4n) is 2.23. The van der Waals surface area contributed by atoms with Crippen LogP contribution in [0.5, 0.6) is 5.75 Å². The van der Waals surface area contributed by atoms with E-state index in [1.54, 1.807) is 29.2 Å². The van der Waals surface area contributed by atoms with Gasteiger partial charge in [-0.15, -0.1) is 0 Å². The van der Waals surface area contributed by atoms with Gasteiger partial charge in [-0.1, -0.05) is 30.7 Å². The molecule has 1 amide bonds. The molecule has 2 rings (SSSR count). The molecule has 0 unspecified atom stereocenters. The number of amides is 1. The molecule has 1 saturated heterocycles. The van der Waals surface area contributed by atoms with E-state index < -0.39 is 5.97 Å². The average Bonchev–Trinajstić information content (AvgIpc) is 2.52. The van der Waals surface area contributed by atoms with Gasteiger partial charge < -0.3 is 14.4 Å². The molecule has 0 aliphatic carbocycles. The highest BCUT2D eigenvalue weighted by molar-refractivity contribution is 6.32. The molecule has 0 saturated carbocycles. The number of esters is 1. The molecule has 6 heteroatoms. The fraction of sp³-hybridized carbons (Fsp3) is 0.500. The zero-order valence-corrected chi connectivity index (χ0v) is 13.3. The highest BCUT2D eigenvalue weighted by Crippen LogP contribution is 2.22. The van der Waals surface area contributed by atoms with Gasteiger partial charge in [-0.3, -0.25) is 4.79 Å². The molecule has 1 aliphatic rings. The lowest BCUT2D eigenvalue weighted by atomic mass is 9.99. The summed E-state index contributed by atoms with van der Waals surface area (Å²) < 4.78 is 10.2. The molecule has 0 bridgehead atoms. The molecule has 0 spiro atoms. The maximum atomic E-state index is 11.9. The van der Waals surface area contributed by atoms with Crippen molar-refractivity contribution in [3.63, 3.8) is 0 Å². The molecule has 5 nitrogen and oxygen atoms in total. The number of carbonyl (C=O) groups excluding carboxylic acids is 2. The third-order valence-electron chi connectivity index (χ3n) is 3.68. The van der Waals surface area contributed by atoms with Crippen molar-refractivity contribution in [3.8, 4) is 5.75 Å². The first-order valence-electron chi connectivity index (χ1n) is 7.37. The second-order valence-corrected chi connectivity index (χ2v) is 5.85. The van der Waals surface area contributed by atoms with Crippen molar-refractivity contribution < 1.29 is 19.1 Å². The van der Waals surface area contributed by atoms with E-state index in [0.717, 1.165) is 25.9 Å². The van der Waals surface area contributed by atoms with Crippen LogP contribution in [0, 0.1) is 5.92 Å². The molecule has 0 atom stereocenters. The number of para-hydroxylation sites is 1. The lowest BCUT2D eigenvalue weighted by Crippen LogP contribution is -2.40. The van der Waals surface area contributed by atoms with Crippen molar-refractivity contribution in [1.82, 2.24) is 4.90 Å². The molecule has 0 radical (unpaired) electrons. The minimum atomic E-state index is -0.585. The predicted octanol–water partition coefficient (Wildman–Crippen LogP) is 2.52. The first-order valence-corrected chi connectivity index (χ1v) is 7.75. The lowest BCUT2D eigenvalue weighted by Gasteiger charge is -2.30. The van der Waals surface area contributed by atoms with E-state index in [4.69, 9.17) is 21.1 Å². The minimum Gasteiger partial charge on any atom is -0.480 e. The molecule has 1 heterocycles. The summed E-state index contributed by atoms with van der Waals surface area (Å²) >= 11 is 5.91. The maximum Gasteiger partial charge on any atom is 0.344 e. The van der Waals surface area contributed by atoms with Crippen molar-refractivity contribution in [2.45, 2.75) is 19.8 Å². The number of halogens is 1. The number of hydrogen-bond acceptors (Lipinski definition) is 4. The van der Waals surface area contributed by atoms with Gasteiger partial charge in [-0.25, -0.2) is 4.79 Å². The van der Waals surface area contributed by atoms with Crippen LogP contribution in [-0.4, -0.2) is 43.1 Å². The molecular formula is C16H20ClNO4. The van der Waals surface area contributed by atoms with Crippen LogP contribution in [0.25, 0.3) is 0 Å². The Morgan fingerprint density at radius 1 is 1.23 bits per heavy atom. The summed E-state index contributed by atoms with van der Waals surface area (Å²) in [4.78, 5) is 25.3. The minimum absolute atomic E-state index is 0.155. The Kier molecular flexibility index (Phi) is 6.07. The maximum absolute atomic E-state index is 11.9. The zero-order chi connectivity index (χ0) is 15.9. The number of ether oxygens (including phenoxy) is 2. The SMILES string of the molecule is CC1CCN(C(=O)COC(=O)COc2ccccc2Cl)CC1. The molecule has 1 aromatic carbocycles. The van der Waals surface area contributed by atoms with Crippen LogP contribution in [-0.2, 0) is 14.3 Å². The van der Waals surface area contributed by atoms with E-state index >= 15 is 0 Å². The van der Waals surface area contributed by atoms with Crippen molar-refractivity contribution in [1.29, 1.82) is 0 Å². The van der Waals surface area contributed by atoms with Crippen molar-refractivity contribution in [2.24, 2.45) is 5.92 Å². The summed E-state index contributed by atoms with van der Waals surface area (Å²) in [7, 11) is 0. The second kappa shape index (κ2) is 8.03. The Balaban J connectivity index is 1.69. The van der Waals surface area contributed by atoms with Gasteiger partial charge in [0.2, 0.25) is 0 Å². The van der Waals surface area contributed by atoms with E-state index in [1.165, 1.54) is 0 Å². The van der Waals surface area contributed by atoms with E-state index in [9.17, 15) is 9.59 Å². The Bertz CT molecular complexity index is 527. The fourth-order valence-corrected chi connectivity index (χ4v) is 2.42. The monoisotopic (exact) mass is 325 g/mol. The standard InChI is InChI=1S/C16H20ClNO4/c1-12-6-8-18(9-7-12)15(19)10-22-16(20)11-21-14-5-3-2-4-13(14)17/h2-5,12H,6-11H2,1H3. The molecular weight excluding hydrogens is 306 g/mol. The molecule has 0 aromatic heterocycles. The lowest BCUT2D eigenvalue weighted by molar-refractivity contribution is -0.154. The van der Waals surface area contributed by atoms with Crippen LogP contribution in [0.1, 0.15) is 19.8 Å². The molecule has 1 aliphatic heterocycles. The summed E-state index contributed by atoms with van der Waals surface area (Å²) in [6.07, 6.45) is 1.99. The molecule has 0 N–H and O–H groups in total. The van der Waals surface area contributed by atoms with Gasteiger partial charge >= 0.3 is 5.97 Å². The number of rotatable bonds is 5. The van der Waals surface area contributed by atoms with Crippen LogP contribution >= 0.6 is 11.6 Å². The van der Waals surface area contributed by atoms with Crippen molar-refractivity contribution in [3.05, 3.63) is 29.3 Å². The van der Waals surface area contributed by atoms with Gasteiger partial charge in [-0.2, -0.15) is 0 Å². The Labute approximate surface area is 135 Å². The van der Waals surface area contributed by atoms with Gasteiger partial charge in [0.1, 0.15) is 5.75 Å². The van der Waals surface area contributed by atoms with Gasteiger partial charge in [0.25, 0.3) is 5.91 Å². The van der Waals surface area contributed by atoms with E-state index in [-0.39, 0.29) is 19.1 Å². The zero-order valence-electron chi connectivity index (χ0n) is 12.6. The summed E-state index contributed by atoms with van der Waals surface area (Å²) in [5, 5.41) is 0.425. The molecule has 120 valence electrons. The summed E-state index contributed by atoms with van der Waals surface area (Å²) in [5.41, 5.74) is 0. The van der Waals surface area contributed by atoms with Crippen molar-refractivity contribution in [2.75, 3.05) is 26.3 Å². The topological polar surface area (TPSA) is 55.8 Å². The number of likely N-dealkylation sites (tertiary alicyclic amines) is 1. The van der Waals surface area contributed by atoms with Gasteiger partial charge in [-0.05, 0) is 30.9 Å². The molecule has 1 aromatic rings. The second-order valence-electron chi connectivity index (χ2n) is 5.44. The van der Waals surface area contributed by atoms with Crippen LogP contribution in [0.15, 0.2) is 24.3 Å². The van der Waals surface area contributed by atoms with Gasteiger partial charge in [0.15, 0.2) is 13.2 Å². The summed E-state index contributed by atoms with van der Waals surface area (Å²) in [5.74, 6) is 0.324. The quantitative estimate of drug-likeness (QED) is 0.781. The number of nitrogens with zero attached hydrogens (tertiary/aromatic N) is 1. The van der Waals surface area contributed by atoms with Crippen molar-refractivity contribution >= 4 is 23.5 Å². The predicted molar refractivity (Wildman–Crippen MR) is 82.9 cm³/mol. The first-order chi connectivity index (χ1) is 10.6. The highest BCUT2D eigenvalue weighted by Gasteiger charge is 2.21. The average molecular weight is 326 g/mol. The number of hydrogen-bond donors (Lipinski definition) is 0. The van der Waals surface area contributed by atoms with Gasteiger partial charge in [0.05, 0.1) is 5.02 Å². The number of carbonyl (C=O) groups is 2. The van der Waals surface area contributed by atoms with Gasteiger partial charge in [0, 0.05) is 13.1 Å². The van der Waals surface area contributed by atoms with Crippen LogP contribution in [0.3, 0.4) is 0 Å². The number of piperidine rings is 1. The van der Waals surface area contributed by atoms with E-state index in [2.05, 4.69) is 6.92 Å². The normalized spacial score (nSPS) is 15.5. The molecule has 22 heavy (non-hydrogen) atoms. The van der Waals surface area contributed by atoms with E-state index in [0.29, 0.717) is 16.7 Å². The summed E-state index contributed by atoms with van der Waals surface area (Å²) in [6, 6.07) is 6.86. The Morgan fingerprint density at radius 2 is 1.91 bits per heavy atom. The summed E-state index contributed by atoms with van der Waals surface area (Å²) in [6.45, 7) is 3.13. The van der Waals surface area contributed by atoms with Crippen LogP contribution in [0.2, 0.25) is 5.02 Å².